The lowest BCUT2D eigenvalue weighted by Crippen LogP contribution is -2.28. The SMILES string of the molecule is C#CCNC(C)Cc1ccc(Cl)cc1. The third-order valence-electron chi connectivity index (χ3n) is 2.01. The molecule has 1 aromatic carbocycles. The second-order valence-corrected chi connectivity index (χ2v) is 3.75. The minimum absolute atomic E-state index is 0.396. The molecule has 0 radical (unpaired) electrons. The molecule has 2 heteroatoms. The summed E-state index contributed by atoms with van der Waals surface area (Å²) in [5.74, 6) is 2.56. The van der Waals surface area contributed by atoms with Gasteiger partial charge in [-0.05, 0) is 31.0 Å². The van der Waals surface area contributed by atoms with Crippen LogP contribution in [0.25, 0.3) is 0 Å². The molecule has 1 N–H and O–H groups in total. The average molecular weight is 208 g/mol. The van der Waals surface area contributed by atoms with Gasteiger partial charge in [-0.25, -0.2) is 0 Å². The molecule has 0 aliphatic rings. The smallest absolute Gasteiger partial charge is 0.0575 e. The molecule has 0 saturated heterocycles. The van der Waals surface area contributed by atoms with Gasteiger partial charge in [0.15, 0.2) is 0 Å². The molecule has 0 aliphatic heterocycles. The van der Waals surface area contributed by atoms with Crippen LogP contribution in [0, 0.1) is 12.3 Å². The normalized spacial score (nSPS) is 12.1. The fourth-order valence-corrected chi connectivity index (χ4v) is 1.41. The summed E-state index contributed by atoms with van der Waals surface area (Å²) in [6.07, 6.45) is 6.13. The Morgan fingerprint density at radius 3 is 2.64 bits per heavy atom. The van der Waals surface area contributed by atoms with Crippen molar-refractivity contribution in [3.05, 3.63) is 34.9 Å². The number of halogens is 1. The van der Waals surface area contributed by atoms with E-state index in [9.17, 15) is 0 Å². The molecule has 0 fully saturated rings. The summed E-state index contributed by atoms with van der Waals surface area (Å²) < 4.78 is 0. The molecule has 0 saturated carbocycles. The number of rotatable bonds is 4. The molecule has 0 bridgehead atoms. The average Bonchev–Trinajstić information content (AvgIpc) is 2.18. The molecule has 74 valence electrons. The van der Waals surface area contributed by atoms with Crippen molar-refractivity contribution in [3.63, 3.8) is 0 Å². The van der Waals surface area contributed by atoms with Gasteiger partial charge in [0, 0.05) is 11.1 Å². The Morgan fingerprint density at radius 1 is 1.43 bits per heavy atom. The molecule has 0 aliphatic carbocycles. The fraction of sp³-hybridized carbons (Fsp3) is 0.333. The van der Waals surface area contributed by atoms with Crippen LogP contribution in [0.15, 0.2) is 24.3 Å². The molecule has 0 heterocycles. The van der Waals surface area contributed by atoms with Crippen molar-refractivity contribution < 1.29 is 0 Å². The zero-order valence-electron chi connectivity index (χ0n) is 8.26. The highest BCUT2D eigenvalue weighted by Crippen LogP contribution is 2.10. The van der Waals surface area contributed by atoms with E-state index < -0.39 is 0 Å². The zero-order valence-corrected chi connectivity index (χ0v) is 9.01. The molecule has 0 aromatic heterocycles. The maximum absolute atomic E-state index is 5.79. The van der Waals surface area contributed by atoms with E-state index in [2.05, 4.69) is 18.2 Å². The first kappa shape index (κ1) is 11.1. The molecule has 1 rings (SSSR count). The van der Waals surface area contributed by atoms with E-state index in [0.29, 0.717) is 12.6 Å². The summed E-state index contributed by atoms with van der Waals surface area (Å²) >= 11 is 5.79. The van der Waals surface area contributed by atoms with Gasteiger partial charge < -0.3 is 5.32 Å². The monoisotopic (exact) mass is 207 g/mol. The van der Waals surface area contributed by atoms with E-state index in [4.69, 9.17) is 18.0 Å². The Labute approximate surface area is 90.5 Å². The maximum Gasteiger partial charge on any atom is 0.0575 e. The Balaban J connectivity index is 2.44. The molecule has 1 unspecified atom stereocenters. The summed E-state index contributed by atoms with van der Waals surface area (Å²) in [4.78, 5) is 0. The van der Waals surface area contributed by atoms with E-state index >= 15 is 0 Å². The Bertz CT molecular complexity index is 310. The zero-order chi connectivity index (χ0) is 10.4. The predicted molar refractivity (Wildman–Crippen MR) is 61.5 cm³/mol. The number of hydrogen-bond donors (Lipinski definition) is 1. The van der Waals surface area contributed by atoms with Gasteiger partial charge in [-0.1, -0.05) is 29.7 Å². The standard InChI is InChI=1S/C12H14ClN/c1-3-8-14-10(2)9-11-4-6-12(13)7-5-11/h1,4-7,10,14H,8-9H2,2H3. The molecule has 0 spiro atoms. The molecule has 14 heavy (non-hydrogen) atoms. The van der Waals surface area contributed by atoms with Crippen molar-refractivity contribution in [2.75, 3.05) is 6.54 Å². The van der Waals surface area contributed by atoms with Crippen LogP contribution in [0.1, 0.15) is 12.5 Å². The van der Waals surface area contributed by atoms with E-state index in [1.54, 1.807) is 0 Å². The summed E-state index contributed by atoms with van der Waals surface area (Å²) in [6, 6.07) is 8.29. The highest BCUT2D eigenvalue weighted by atomic mass is 35.5. The Kier molecular flexibility index (Phi) is 4.52. The largest absolute Gasteiger partial charge is 0.303 e. The van der Waals surface area contributed by atoms with Crippen LogP contribution in [0.4, 0.5) is 0 Å². The number of benzene rings is 1. The van der Waals surface area contributed by atoms with Crippen molar-refractivity contribution >= 4 is 11.6 Å². The van der Waals surface area contributed by atoms with Crippen molar-refractivity contribution in [3.8, 4) is 12.3 Å². The highest BCUT2D eigenvalue weighted by Gasteiger charge is 2.01. The lowest BCUT2D eigenvalue weighted by molar-refractivity contribution is 0.585. The lowest BCUT2D eigenvalue weighted by atomic mass is 10.1. The van der Waals surface area contributed by atoms with Gasteiger partial charge >= 0.3 is 0 Å². The summed E-state index contributed by atoms with van der Waals surface area (Å²) in [5, 5.41) is 4.00. The first-order valence-electron chi connectivity index (χ1n) is 4.63. The molecule has 1 aromatic rings. The van der Waals surface area contributed by atoms with Crippen LogP contribution < -0.4 is 5.32 Å². The number of terminal acetylenes is 1. The van der Waals surface area contributed by atoms with E-state index in [-0.39, 0.29) is 0 Å². The second-order valence-electron chi connectivity index (χ2n) is 3.32. The van der Waals surface area contributed by atoms with Crippen molar-refractivity contribution in [2.45, 2.75) is 19.4 Å². The van der Waals surface area contributed by atoms with Crippen LogP contribution in [0.2, 0.25) is 5.02 Å². The third-order valence-corrected chi connectivity index (χ3v) is 2.26. The van der Waals surface area contributed by atoms with Gasteiger partial charge in [-0.15, -0.1) is 6.42 Å². The minimum atomic E-state index is 0.396. The van der Waals surface area contributed by atoms with Crippen LogP contribution in [-0.2, 0) is 6.42 Å². The molecular weight excluding hydrogens is 194 g/mol. The quantitative estimate of drug-likeness (QED) is 0.749. The molecule has 1 nitrogen and oxygen atoms in total. The van der Waals surface area contributed by atoms with Gasteiger partial charge in [-0.2, -0.15) is 0 Å². The number of hydrogen-bond acceptors (Lipinski definition) is 1. The third kappa shape index (κ3) is 3.83. The van der Waals surface area contributed by atoms with Crippen LogP contribution >= 0.6 is 11.6 Å². The lowest BCUT2D eigenvalue weighted by Gasteiger charge is -2.11. The predicted octanol–water partition coefficient (Wildman–Crippen LogP) is 2.49. The second kappa shape index (κ2) is 5.70. The van der Waals surface area contributed by atoms with E-state index in [1.807, 2.05) is 24.3 Å². The number of nitrogens with one attached hydrogen (secondary N) is 1. The van der Waals surface area contributed by atoms with Crippen molar-refractivity contribution in [1.29, 1.82) is 0 Å². The van der Waals surface area contributed by atoms with Crippen LogP contribution in [0.3, 0.4) is 0 Å². The molecule has 1 atom stereocenters. The first-order valence-corrected chi connectivity index (χ1v) is 5.01. The highest BCUT2D eigenvalue weighted by molar-refractivity contribution is 6.30. The van der Waals surface area contributed by atoms with Gasteiger partial charge in [0.2, 0.25) is 0 Å². The fourth-order valence-electron chi connectivity index (χ4n) is 1.28. The van der Waals surface area contributed by atoms with Gasteiger partial charge in [-0.3, -0.25) is 0 Å². The van der Waals surface area contributed by atoms with Gasteiger partial charge in [0.05, 0.1) is 6.54 Å². The van der Waals surface area contributed by atoms with Crippen molar-refractivity contribution in [1.82, 2.24) is 5.32 Å². The molecular formula is C12H14ClN. The van der Waals surface area contributed by atoms with Crippen LogP contribution in [0.5, 0.6) is 0 Å². The Hall–Kier alpha value is -0.970. The van der Waals surface area contributed by atoms with Gasteiger partial charge in [0.1, 0.15) is 0 Å². The van der Waals surface area contributed by atoms with E-state index in [1.165, 1.54) is 5.56 Å². The summed E-state index contributed by atoms with van der Waals surface area (Å²) in [7, 11) is 0. The minimum Gasteiger partial charge on any atom is -0.303 e. The first-order chi connectivity index (χ1) is 6.72. The van der Waals surface area contributed by atoms with Crippen LogP contribution in [-0.4, -0.2) is 12.6 Å². The molecule has 0 amide bonds. The Morgan fingerprint density at radius 2 is 2.07 bits per heavy atom. The summed E-state index contributed by atoms with van der Waals surface area (Å²) in [6.45, 7) is 2.74. The van der Waals surface area contributed by atoms with Crippen molar-refractivity contribution in [2.24, 2.45) is 0 Å². The summed E-state index contributed by atoms with van der Waals surface area (Å²) in [5.41, 5.74) is 1.27. The van der Waals surface area contributed by atoms with Gasteiger partial charge in [0.25, 0.3) is 0 Å². The maximum atomic E-state index is 5.79. The topological polar surface area (TPSA) is 12.0 Å². The van der Waals surface area contributed by atoms with E-state index in [0.717, 1.165) is 11.4 Å².